The molecule has 222 valence electrons. The van der Waals surface area contributed by atoms with Crippen LogP contribution in [0.25, 0.3) is 0 Å². The third-order valence-electron chi connectivity index (χ3n) is 6.60. The Hall–Kier alpha value is -2.21. The summed E-state index contributed by atoms with van der Waals surface area (Å²) in [4.78, 5) is 47.3. The third-order valence-corrected chi connectivity index (χ3v) is 7.68. The first-order valence-corrected chi connectivity index (χ1v) is 15.3. The van der Waals surface area contributed by atoms with Crippen LogP contribution < -0.4 is 0 Å². The highest BCUT2D eigenvalue weighted by atomic mass is 32.2. The van der Waals surface area contributed by atoms with Crippen molar-refractivity contribution in [2.75, 3.05) is 6.54 Å². The highest BCUT2D eigenvalue weighted by molar-refractivity contribution is 7.87. The maximum Gasteiger partial charge on any atom is 0.327 e. The lowest BCUT2D eigenvalue weighted by Gasteiger charge is -2.29. The fourth-order valence-electron chi connectivity index (χ4n) is 4.38. The standard InChI is InChI=1S/C26H47NO10S/c1-2-3-4-5-6-7-8-9-10-11-12-13-14-15-16-17-18-27(21(25(31)32)19-24(29)30)23(28)20-22(26(33)34)38(35,36)37/h21-22H,2-20H2,1H3,(H,29,30)(H,31,32)(H,33,34)(H,35,36,37)/t21-,22?/m1/s1. The Morgan fingerprint density at radius 3 is 1.34 bits per heavy atom. The van der Waals surface area contributed by atoms with Gasteiger partial charge in [0.15, 0.2) is 5.25 Å². The maximum atomic E-state index is 12.7. The number of nitrogens with zero attached hydrogens (tertiary/aromatic N) is 1. The number of hydrogen-bond acceptors (Lipinski definition) is 6. The van der Waals surface area contributed by atoms with Crippen molar-refractivity contribution in [3.63, 3.8) is 0 Å². The van der Waals surface area contributed by atoms with Crippen molar-refractivity contribution in [3.8, 4) is 0 Å². The fourth-order valence-corrected chi connectivity index (χ4v) is 4.98. The van der Waals surface area contributed by atoms with Gasteiger partial charge in [-0.15, -0.1) is 0 Å². The lowest BCUT2D eigenvalue weighted by Crippen LogP contribution is -2.48. The van der Waals surface area contributed by atoms with Crippen LogP contribution in [0.5, 0.6) is 0 Å². The second-order valence-corrected chi connectivity index (χ2v) is 11.5. The van der Waals surface area contributed by atoms with E-state index in [0.717, 1.165) is 25.7 Å². The molecule has 0 rings (SSSR count). The van der Waals surface area contributed by atoms with Gasteiger partial charge in [-0.1, -0.05) is 103 Å². The molecule has 4 N–H and O–H groups in total. The van der Waals surface area contributed by atoms with E-state index in [-0.39, 0.29) is 6.54 Å². The van der Waals surface area contributed by atoms with Crippen molar-refractivity contribution in [2.45, 2.75) is 134 Å². The minimum absolute atomic E-state index is 0.167. The summed E-state index contributed by atoms with van der Waals surface area (Å²) in [6.45, 7) is 2.05. The summed E-state index contributed by atoms with van der Waals surface area (Å²) in [6.07, 6.45) is 15.7. The molecule has 0 saturated heterocycles. The number of carbonyl (C=O) groups is 4. The summed E-state index contributed by atoms with van der Waals surface area (Å²) in [7, 11) is -5.12. The van der Waals surface area contributed by atoms with Gasteiger partial charge in [-0.25, -0.2) is 4.79 Å². The van der Waals surface area contributed by atoms with E-state index in [2.05, 4.69) is 6.92 Å². The van der Waals surface area contributed by atoms with Crippen LogP contribution in [0.1, 0.15) is 122 Å². The zero-order valence-electron chi connectivity index (χ0n) is 22.7. The minimum atomic E-state index is -5.12. The van der Waals surface area contributed by atoms with Crippen molar-refractivity contribution < 1.29 is 47.5 Å². The van der Waals surface area contributed by atoms with Gasteiger partial charge in [0.05, 0.1) is 12.8 Å². The number of amides is 1. The Balaban J connectivity index is 4.47. The number of unbranched alkanes of at least 4 members (excludes halogenated alkanes) is 15. The van der Waals surface area contributed by atoms with Gasteiger partial charge in [0.1, 0.15) is 6.04 Å². The lowest BCUT2D eigenvalue weighted by atomic mass is 10.0. The molecule has 0 spiro atoms. The molecule has 11 nitrogen and oxygen atoms in total. The van der Waals surface area contributed by atoms with E-state index in [1.165, 1.54) is 64.2 Å². The number of aliphatic carboxylic acids is 3. The highest BCUT2D eigenvalue weighted by Crippen LogP contribution is 2.17. The molecule has 0 bridgehead atoms. The zero-order valence-corrected chi connectivity index (χ0v) is 23.5. The van der Waals surface area contributed by atoms with E-state index in [4.69, 9.17) is 14.8 Å². The van der Waals surface area contributed by atoms with Crippen LogP contribution >= 0.6 is 0 Å². The van der Waals surface area contributed by atoms with Gasteiger partial charge in [-0.3, -0.25) is 18.9 Å². The first-order valence-electron chi connectivity index (χ1n) is 13.8. The molecule has 0 aliphatic carbocycles. The number of carboxylic acid groups (broad SMARTS) is 3. The van der Waals surface area contributed by atoms with Crippen molar-refractivity contribution >= 4 is 33.9 Å². The fraction of sp³-hybridized carbons (Fsp3) is 0.846. The van der Waals surface area contributed by atoms with Gasteiger partial charge in [0, 0.05) is 6.54 Å². The molecule has 0 radical (unpaired) electrons. The van der Waals surface area contributed by atoms with Gasteiger partial charge in [-0.2, -0.15) is 8.42 Å². The predicted octanol–water partition coefficient (Wildman–Crippen LogP) is 4.74. The van der Waals surface area contributed by atoms with Crippen LogP contribution in [0.3, 0.4) is 0 Å². The van der Waals surface area contributed by atoms with E-state index < -0.39 is 58.1 Å². The Bertz CT molecular complexity index is 815. The first-order chi connectivity index (χ1) is 17.9. The maximum absolute atomic E-state index is 12.7. The zero-order chi connectivity index (χ0) is 29.0. The van der Waals surface area contributed by atoms with Crippen LogP contribution in [0.4, 0.5) is 0 Å². The summed E-state index contributed by atoms with van der Waals surface area (Å²) >= 11 is 0. The third kappa shape index (κ3) is 17.3. The molecule has 38 heavy (non-hydrogen) atoms. The average Bonchev–Trinajstić information content (AvgIpc) is 2.82. The molecule has 0 saturated carbocycles. The molecule has 0 fully saturated rings. The molecular weight excluding hydrogens is 518 g/mol. The molecule has 0 aromatic carbocycles. The minimum Gasteiger partial charge on any atom is -0.481 e. The van der Waals surface area contributed by atoms with E-state index >= 15 is 0 Å². The van der Waals surface area contributed by atoms with E-state index in [1.807, 2.05) is 0 Å². The average molecular weight is 566 g/mol. The summed E-state index contributed by atoms with van der Waals surface area (Å²) in [5, 5.41) is 25.0. The van der Waals surface area contributed by atoms with Gasteiger partial charge >= 0.3 is 17.9 Å². The lowest BCUT2D eigenvalue weighted by molar-refractivity contribution is -0.155. The quantitative estimate of drug-likeness (QED) is 0.0889. The van der Waals surface area contributed by atoms with E-state index in [1.54, 1.807) is 0 Å². The van der Waals surface area contributed by atoms with Crippen molar-refractivity contribution in [1.82, 2.24) is 4.90 Å². The summed E-state index contributed by atoms with van der Waals surface area (Å²) in [5.41, 5.74) is 0. The summed E-state index contributed by atoms with van der Waals surface area (Å²) < 4.78 is 31.8. The molecule has 0 aliphatic heterocycles. The Kier molecular flexibility index (Phi) is 19.5. The van der Waals surface area contributed by atoms with Crippen LogP contribution in [0.2, 0.25) is 0 Å². The predicted molar refractivity (Wildman–Crippen MR) is 143 cm³/mol. The van der Waals surface area contributed by atoms with Crippen LogP contribution in [0.15, 0.2) is 0 Å². The van der Waals surface area contributed by atoms with E-state index in [0.29, 0.717) is 17.7 Å². The molecule has 0 heterocycles. The van der Waals surface area contributed by atoms with Gasteiger partial charge in [0.25, 0.3) is 10.1 Å². The number of carboxylic acids is 3. The first kappa shape index (κ1) is 35.8. The molecule has 1 unspecified atom stereocenters. The normalized spacial score (nSPS) is 13.1. The number of carbonyl (C=O) groups excluding carboxylic acids is 1. The summed E-state index contributed by atoms with van der Waals surface area (Å²) in [5.74, 6) is -6.21. The van der Waals surface area contributed by atoms with Crippen molar-refractivity contribution in [1.29, 1.82) is 0 Å². The van der Waals surface area contributed by atoms with Crippen molar-refractivity contribution in [3.05, 3.63) is 0 Å². The second-order valence-electron chi connectivity index (χ2n) is 9.89. The molecule has 0 aromatic heterocycles. The topological polar surface area (TPSA) is 187 Å². The monoisotopic (exact) mass is 565 g/mol. The second kappa shape index (κ2) is 20.7. The smallest absolute Gasteiger partial charge is 0.327 e. The van der Waals surface area contributed by atoms with E-state index in [9.17, 15) is 32.7 Å². The Morgan fingerprint density at radius 1 is 0.632 bits per heavy atom. The summed E-state index contributed by atoms with van der Waals surface area (Å²) in [6, 6.07) is -1.79. The highest BCUT2D eigenvalue weighted by Gasteiger charge is 2.38. The van der Waals surface area contributed by atoms with Crippen LogP contribution in [0, 0.1) is 0 Å². The molecular formula is C26H47NO10S. The Labute approximate surface area is 226 Å². The van der Waals surface area contributed by atoms with Gasteiger partial charge in [0.2, 0.25) is 5.91 Å². The molecule has 12 heteroatoms. The SMILES string of the molecule is CCCCCCCCCCCCCCCCCCN(C(=O)CC(C(=O)O)S(=O)(=O)O)[C@H](CC(=O)O)C(=O)O. The van der Waals surface area contributed by atoms with Crippen LogP contribution in [-0.2, 0) is 29.3 Å². The Morgan fingerprint density at radius 2 is 1.03 bits per heavy atom. The molecule has 2 atom stereocenters. The largest absolute Gasteiger partial charge is 0.481 e. The molecule has 0 aliphatic rings. The van der Waals surface area contributed by atoms with Crippen LogP contribution in [-0.4, -0.2) is 74.8 Å². The number of hydrogen-bond donors (Lipinski definition) is 4. The van der Waals surface area contributed by atoms with Gasteiger partial charge < -0.3 is 20.2 Å². The molecule has 1 amide bonds. The number of rotatable bonds is 25. The van der Waals surface area contributed by atoms with Gasteiger partial charge in [-0.05, 0) is 6.42 Å². The molecule has 0 aromatic rings. The van der Waals surface area contributed by atoms with Crippen molar-refractivity contribution in [2.24, 2.45) is 0 Å².